The third-order valence-electron chi connectivity index (χ3n) is 3.67. The van der Waals surface area contributed by atoms with Crippen LogP contribution in [0.15, 0.2) is 28.8 Å². The Bertz CT molecular complexity index is 629. The van der Waals surface area contributed by atoms with Crippen LogP contribution < -0.4 is 5.32 Å². The van der Waals surface area contributed by atoms with Gasteiger partial charge in [0.25, 0.3) is 5.91 Å². The van der Waals surface area contributed by atoms with E-state index in [0.29, 0.717) is 17.0 Å². The molecule has 1 aliphatic rings. The molecule has 0 aliphatic heterocycles. The van der Waals surface area contributed by atoms with Gasteiger partial charge >= 0.3 is 0 Å². The molecule has 0 spiro atoms. The summed E-state index contributed by atoms with van der Waals surface area (Å²) >= 11 is 0. The van der Waals surface area contributed by atoms with Gasteiger partial charge in [0, 0.05) is 12.0 Å². The van der Waals surface area contributed by atoms with Gasteiger partial charge in [0.2, 0.25) is 0 Å². The number of aromatic nitrogens is 1. The summed E-state index contributed by atoms with van der Waals surface area (Å²) in [4.78, 5) is 12.2. The Labute approximate surface area is 116 Å². The molecule has 20 heavy (non-hydrogen) atoms. The minimum atomic E-state index is -0.245. The van der Waals surface area contributed by atoms with E-state index in [1.54, 1.807) is 26.0 Å². The number of hydrogen-bond donors (Lipinski definition) is 1. The molecule has 4 nitrogen and oxygen atoms in total. The molecule has 0 radical (unpaired) electrons. The number of benzene rings is 1. The Morgan fingerprint density at radius 2 is 2.05 bits per heavy atom. The molecule has 2 aromatic rings. The first-order chi connectivity index (χ1) is 9.56. The summed E-state index contributed by atoms with van der Waals surface area (Å²) in [5.74, 6) is 0.389. The van der Waals surface area contributed by atoms with Gasteiger partial charge < -0.3 is 9.84 Å². The molecule has 104 valence electrons. The predicted octanol–water partition coefficient (Wildman–Crippen LogP) is 2.72. The average molecular weight is 274 g/mol. The summed E-state index contributed by atoms with van der Waals surface area (Å²) < 4.78 is 17.9. The third-order valence-corrected chi connectivity index (χ3v) is 3.67. The van der Waals surface area contributed by atoms with Gasteiger partial charge in [-0.3, -0.25) is 4.79 Å². The van der Waals surface area contributed by atoms with Crippen molar-refractivity contribution in [1.82, 2.24) is 10.5 Å². The Morgan fingerprint density at radius 1 is 1.35 bits per heavy atom. The third kappa shape index (κ3) is 2.31. The zero-order valence-electron chi connectivity index (χ0n) is 11.3. The van der Waals surface area contributed by atoms with Gasteiger partial charge in [-0.1, -0.05) is 17.3 Å². The van der Waals surface area contributed by atoms with Crippen LogP contribution in [-0.2, 0) is 0 Å². The highest BCUT2D eigenvalue weighted by atomic mass is 19.1. The maximum Gasteiger partial charge on any atom is 0.257 e. The first-order valence-corrected chi connectivity index (χ1v) is 6.55. The van der Waals surface area contributed by atoms with E-state index >= 15 is 0 Å². The molecule has 1 aromatic carbocycles. The van der Waals surface area contributed by atoms with Gasteiger partial charge in [-0.25, -0.2) is 4.39 Å². The molecule has 1 amide bonds. The van der Waals surface area contributed by atoms with Crippen LogP contribution in [0.1, 0.15) is 39.7 Å². The summed E-state index contributed by atoms with van der Waals surface area (Å²) in [6.45, 7) is 3.47. The fourth-order valence-corrected chi connectivity index (χ4v) is 2.48. The highest BCUT2D eigenvalue weighted by Gasteiger charge is 2.40. The lowest BCUT2D eigenvalue weighted by Crippen LogP contribution is -2.27. The van der Waals surface area contributed by atoms with E-state index in [4.69, 9.17) is 4.52 Å². The van der Waals surface area contributed by atoms with E-state index in [2.05, 4.69) is 10.5 Å². The van der Waals surface area contributed by atoms with Gasteiger partial charge in [-0.15, -0.1) is 0 Å². The van der Waals surface area contributed by atoms with Crippen LogP contribution in [0.2, 0.25) is 0 Å². The zero-order chi connectivity index (χ0) is 14.3. The quantitative estimate of drug-likeness (QED) is 0.936. The normalized spacial score (nSPS) is 20.8. The first kappa shape index (κ1) is 12.8. The zero-order valence-corrected chi connectivity index (χ0v) is 11.3. The summed E-state index contributed by atoms with van der Waals surface area (Å²) in [5, 5.41) is 6.74. The number of carbonyl (C=O) groups is 1. The fourth-order valence-electron chi connectivity index (χ4n) is 2.48. The van der Waals surface area contributed by atoms with Crippen LogP contribution in [-0.4, -0.2) is 17.1 Å². The number of carbonyl (C=O) groups excluding carboxylic acids is 1. The maximum atomic E-state index is 12.9. The number of rotatable bonds is 3. The molecule has 2 unspecified atom stereocenters. The number of aryl methyl sites for hydroxylation is 2. The second-order valence-electron chi connectivity index (χ2n) is 5.17. The lowest BCUT2D eigenvalue weighted by molar-refractivity contribution is 0.0948. The second kappa shape index (κ2) is 4.74. The molecule has 1 aliphatic carbocycles. The second-order valence-corrected chi connectivity index (χ2v) is 5.17. The van der Waals surface area contributed by atoms with E-state index in [1.165, 1.54) is 12.1 Å². The van der Waals surface area contributed by atoms with Crippen LogP contribution in [0.25, 0.3) is 0 Å². The fraction of sp³-hybridized carbons (Fsp3) is 0.333. The Hall–Kier alpha value is -2.17. The van der Waals surface area contributed by atoms with Crippen molar-refractivity contribution in [2.45, 2.75) is 32.2 Å². The first-order valence-electron chi connectivity index (χ1n) is 6.55. The van der Waals surface area contributed by atoms with Crippen molar-refractivity contribution in [1.29, 1.82) is 0 Å². The standard InChI is InChI=1S/C15H15FN2O2/c1-8-14(9(2)20-18-8)15(19)17-13-7-12(13)10-3-5-11(16)6-4-10/h3-6,12-13H,7H2,1-2H3,(H,17,19). The molecule has 2 atom stereocenters. The number of amides is 1. The lowest BCUT2D eigenvalue weighted by Gasteiger charge is -2.04. The van der Waals surface area contributed by atoms with Crippen LogP contribution in [0, 0.1) is 19.7 Å². The van der Waals surface area contributed by atoms with E-state index in [9.17, 15) is 9.18 Å². The summed E-state index contributed by atoms with van der Waals surface area (Å²) in [7, 11) is 0. The molecule has 3 rings (SSSR count). The number of halogens is 1. The molecule has 1 saturated carbocycles. The highest BCUT2D eigenvalue weighted by Crippen LogP contribution is 2.41. The van der Waals surface area contributed by atoms with Crippen LogP contribution in [0.5, 0.6) is 0 Å². The lowest BCUT2D eigenvalue weighted by atomic mass is 10.1. The summed E-state index contributed by atoms with van der Waals surface area (Å²) in [6, 6.07) is 6.52. The molecular formula is C15H15FN2O2. The van der Waals surface area contributed by atoms with Gasteiger partial charge in [0.05, 0.1) is 5.69 Å². The molecule has 1 fully saturated rings. The van der Waals surface area contributed by atoms with Crippen molar-refractivity contribution in [2.75, 3.05) is 0 Å². The summed E-state index contributed by atoms with van der Waals surface area (Å²) in [5.41, 5.74) is 2.16. The Balaban J connectivity index is 1.66. The molecule has 0 saturated heterocycles. The van der Waals surface area contributed by atoms with Gasteiger partial charge in [-0.2, -0.15) is 0 Å². The number of nitrogens with one attached hydrogen (secondary N) is 1. The van der Waals surface area contributed by atoms with Crippen LogP contribution in [0.3, 0.4) is 0 Å². The maximum absolute atomic E-state index is 12.9. The molecule has 1 N–H and O–H groups in total. The Morgan fingerprint density at radius 3 is 2.65 bits per heavy atom. The van der Waals surface area contributed by atoms with E-state index in [1.807, 2.05) is 0 Å². The van der Waals surface area contributed by atoms with Crippen molar-refractivity contribution < 1.29 is 13.7 Å². The largest absolute Gasteiger partial charge is 0.361 e. The van der Waals surface area contributed by atoms with Crippen molar-refractivity contribution in [2.24, 2.45) is 0 Å². The molecule has 1 aromatic heterocycles. The highest BCUT2D eigenvalue weighted by molar-refractivity contribution is 5.96. The molecule has 1 heterocycles. The van der Waals surface area contributed by atoms with E-state index in [0.717, 1.165) is 12.0 Å². The molecular weight excluding hydrogens is 259 g/mol. The van der Waals surface area contributed by atoms with Crippen molar-refractivity contribution in [3.05, 3.63) is 52.7 Å². The minimum absolute atomic E-state index is 0.0988. The Kier molecular flexibility index (Phi) is 3.04. The monoisotopic (exact) mass is 274 g/mol. The predicted molar refractivity (Wildman–Crippen MR) is 71.0 cm³/mol. The van der Waals surface area contributed by atoms with Gasteiger partial charge in [-0.05, 0) is 38.0 Å². The SMILES string of the molecule is Cc1noc(C)c1C(=O)NC1CC1c1ccc(F)cc1. The molecule has 0 bridgehead atoms. The average Bonchev–Trinajstić information content (AvgIpc) is 3.08. The van der Waals surface area contributed by atoms with E-state index in [-0.39, 0.29) is 23.7 Å². The van der Waals surface area contributed by atoms with Gasteiger partial charge in [0.1, 0.15) is 17.1 Å². The van der Waals surface area contributed by atoms with Crippen molar-refractivity contribution >= 4 is 5.91 Å². The smallest absolute Gasteiger partial charge is 0.257 e. The number of nitrogens with zero attached hydrogens (tertiary/aromatic N) is 1. The van der Waals surface area contributed by atoms with E-state index < -0.39 is 0 Å². The minimum Gasteiger partial charge on any atom is -0.361 e. The van der Waals surface area contributed by atoms with Gasteiger partial charge in [0.15, 0.2) is 0 Å². The number of hydrogen-bond acceptors (Lipinski definition) is 3. The topological polar surface area (TPSA) is 55.1 Å². The van der Waals surface area contributed by atoms with Crippen LogP contribution >= 0.6 is 0 Å². The van der Waals surface area contributed by atoms with Crippen molar-refractivity contribution in [3.63, 3.8) is 0 Å². The van der Waals surface area contributed by atoms with Crippen LogP contribution in [0.4, 0.5) is 4.39 Å². The van der Waals surface area contributed by atoms with Crippen molar-refractivity contribution in [3.8, 4) is 0 Å². The summed E-state index contributed by atoms with van der Waals surface area (Å²) in [6.07, 6.45) is 0.876. The molecule has 5 heteroatoms.